The fraction of sp³-hybridized carbons (Fsp3) is 0.750. The molecule has 0 amide bonds. The second-order valence-corrected chi connectivity index (χ2v) is 24.1. The number of aromatic nitrogens is 2. The van der Waals surface area contributed by atoms with Gasteiger partial charge in [0.05, 0.1) is 11.1 Å². The van der Waals surface area contributed by atoms with Gasteiger partial charge in [-0.3, -0.25) is 14.3 Å². The number of H-pyrrole nitrogens is 1. The van der Waals surface area contributed by atoms with Crippen LogP contribution in [0.3, 0.4) is 0 Å². The van der Waals surface area contributed by atoms with Gasteiger partial charge in [-0.05, 0) is 42.7 Å². The second-order valence-electron chi connectivity index (χ2n) is 13.2. The molecule has 3 N–H and O–H groups in total. The summed E-state index contributed by atoms with van der Waals surface area (Å²) < 4.78 is 52.5. The van der Waals surface area contributed by atoms with Crippen LogP contribution in [0.15, 0.2) is 26.9 Å². The van der Waals surface area contributed by atoms with Crippen LogP contribution < -0.4 is 17.0 Å². The quantitative estimate of drug-likeness (QED) is 0.376. The van der Waals surface area contributed by atoms with Crippen molar-refractivity contribution in [1.82, 2.24) is 9.55 Å². The van der Waals surface area contributed by atoms with Gasteiger partial charge in [-0.2, -0.15) is 8.42 Å². The van der Waals surface area contributed by atoms with E-state index in [1.165, 1.54) is 10.8 Å². The van der Waals surface area contributed by atoms with Crippen molar-refractivity contribution in [2.24, 2.45) is 5.73 Å². The van der Waals surface area contributed by atoms with Gasteiger partial charge in [0.15, 0.2) is 29.2 Å². The van der Waals surface area contributed by atoms with Crippen LogP contribution in [0.4, 0.5) is 0 Å². The van der Waals surface area contributed by atoms with Crippen LogP contribution in [0, 0.1) is 0 Å². The summed E-state index contributed by atoms with van der Waals surface area (Å²) in [6, 6.07) is 0. The molecule has 2 aliphatic heterocycles. The monoisotopic (exact) mass is 589 g/mol. The summed E-state index contributed by atoms with van der Waals surface area (Å²) >= 11 is 0. The lowest BCUT2D eigenvalue weighted by Crippen LogP contribution is -2.60. The third-order valence-electron chi connectivity index (χ3n) is 8.40. The molecule has 216 valence electrons. The van der Waals surface area contributed by atoms with Crippen molar-refractivity contribution in [2.45, 2.75) is 115 Å². The molecular weight excluding hydrogens is 547 g/mol. The van der Waals surface area contributed by atoms with Gasteiger partial charge in [0.1, 0.15) is 6.10 Å². The third kappa shape index (κ3) is 5.28. The Morgan fingerprint density at radius 3 is 2.03 bits per heavy atom. The van der Waals surface area contributed by atoms with E-state index < -0.39 is 62.2 Å². The maximum atomic E-state index is 13.1. The summed E-state index contributed by atoms with van der Waals surface area (Å²) in [4.78, 5) is 27.8. The SMILES string of the molecule is CCc1cn([C@@H]2O[C@H](O[Si](C)(C)C(C)(C)C)C3(OS(=O)(=O)C=C3N)C2O[Si](C)(C)C(C)(C)C)c(=O)[nH]c1=O. The number of hydrogen-bond donors (Lipinski definition) is 2. The summed E-state index contributed by atoms with van der Waals surface area (Å²) in [6.45, 7) is 22.0. The Labute approximate surface area is 227 Å². The highest BCUT2D eigenvalue weighted by atomic mass is 32.2. The summed E-state index contributed by atoms with van der Waals surface area (Å²) in [6.07, 6.45) is -1.91. The third-order valence-corrected chi connectivity index (χ3v) is 18.3. The van der Waals surface area contributed by atoms with Gasteiger partial charge >= 0.3 is 5.69 Å². The topological polar surface area (TPSA) is 152 Å². The van der Waals surface area contributed by atoms with Gasteiger partial charge in [0.2, 0.25) is 5.60 Å². The molecule has 1 fully saturated rings. The van der Waals surface area contributed by atoms with Crippen LogP contribution in [-0.4, -0.2) is 52.6 Å². The first-order valence-electron chi connectivity index (χ1n) is 12.8. The molecule has 4 atom stereocenters. The Kier molecular flexibility index (Phi) is 7.76. The van der Waals surface area contributed by atoms with E-state index in [2.05, 4.69) is 4.98 Å². The molecule has 1 aromatic heterocycles. The van der Waals surface area contributed by atoms with Crippen molar-refractivity contribution in [3.8, 4) is 0 Å². The highest BCUT2D eigenvalue weighted by molar-refractivity contribution is 7.90. The van der Waals surface area contributed by atoms with Crippen molar-refractivity contribution < 1.29 is 26.2 Å². The first-order valence-corrected chi connectivity index (χ1v) is 20.1. The average molecular weight is 590 g/mol. The molecule has 0 bridgehead atoms. The Bertz CT molecular complexity index is 1340. The zero-order chi connectivity index (χ0) is 29.3. The predicted molar refractivity (Wildman–Crippen MR) is 150 cm³/mol. The lowest BCUT2D eigenvalue weighted by molar-refractivity contribution is -0.147. The maximum absolute atomic E-state index is 13.1. The maximum Gasteiger partial charge on any atom is 0.330 e. The minimum Gasteiger partial charge on any atom is -0.406 e. The highest BCUT2D eigenvalue weighted by Crippen LogP contribution is 2.53. The van der Waals surface area contributed by atoms with Crippen molar-refractivity contribution >= 4 is 26.8 Å². The number of nitrogens with two attached hydrogens (primary N) is 1. The van der Waals surface area contributed by atoms with E-state index in [9.17, 15) is 18.0 Å². The van der Waals surface area contributed by atoms with Crippen molar-refractivity contribution in [1.29, 1.82) is 0 Å². The lowest BCUT2D eigenvalue weighted by Gasteiger charge is -2.44. The molecule has 0 saturated carbocycles. The standard InChI is InChI=1S/C24H43N3O8SSi2/c1-12-15-13-27(21(29)26-18(15)28)19-17(33-37(8,9)22(2,3)4)24(16(25)14-36(30,31)35-24)20(32-19)34-38(10,11)23(5,6)7/h13-14,17,19-20H,12,25H2,1-11H3,(H,26,28,29)/t17?,19-,20-,24?/m1/s1. The van der Waals surface area contributed by atoms with Crippen molar-refractivity contribution in [3.05, 3.63) is 43.7 Å². The Hall–Kier alpha value is -1.56. The summed E-state index contributed by atoms with van der Waals surface area (Å²) in [7, 11) is -9.48. The molecule has 2 unspecified atom stereocenters. The second kappa shape index (κ2) is 9.52. The smallest absolute Gasteiger partial charge is 0.330 e. The number of hydrogen-bond acceptors (Lipinski definition) is 9. The fourth-order valence-electron chi connectivity index (χ4n) is 3.92. The number of nitrogens with zero attached hydrogens (tertiary/aromatic N) is 1. The van der Waals surface area contributed by atoms with Crippen LogP contribution in [0.1, 0.15) is 60.3 Å². The number of aromatic amines is 1. The van der Waals surface area contributed by atoms with E-state index in [1.54, 1.807) is 6.92 Å². The van der Waals surface area contributed by atoms with Gasteiger partial charge in [-0.15, -0.1) is 0 Å². The molecular formula is C24H43N3O8SSi2. The number of ether oxygens (including phenoxy) is 1. The van der Waals surface area contributed by atoms with Crippen LogP contribution in [0.2, 0.25) is 36.3 Å². The van der Waals surface area contributed by atoms with E-state index in [4.69, 9.17) is 23.5 Å². The summed E-state index contributed by atoms with van der Waals surface area (Å²) in [5.41, 5.74) is 3.57. The van der Waals surface area contributed by atoms with Gasteiger partial charge in [-0.1, -0.05) is 48.5 Å². The first kappa shape index (κ1) is 31.0. The molecule has 1 saturated heterocycles. The molecule has 11 nitrogen and oxygen atoms in total. The van der Waals surface area contributed by atoms with Gasteiger partial charge < -0.3 is 19.3 Å². The molecule has 1 spiro atoms. The minimum absolute atomic E-state index is 0.124. The normalized spacial score (nSPS) is 28.2. The van der Waals surface area contributed by atoms with E-state index in [0.717, 1.165) is 5.41 Å². The molecule has 38 heavy (non-hydrogen) atoms. The van der Waals surface area contributed by atoms with E-state index in [0.29, 0.717) is 12.0 Å². The van der Waals surface area contributed by atoms with E-state index >= 15 is 0 Å². The predicted octanol–water partition coefficient (Wildman–Crippen LogP) is 3.27. The minimum atomic E-state index is -4.21. The number of aryl methyl sites for hydroxylation is 1. The zero-order valence-electron chi connectivity index (χ0n) is 24.3. The first-order chi connectivity index (χ1) is 17.0. The largest absolute Gasteiger partial charge is 0.406 e. The molecule has 3 heterocycles. The molecule has 3 rings (SSSR count). The highest BCUT2D eigenvalue weighted by Gasteiger charge is 2.69. The Morgan fingerprint density at radius 1 is 1.05 bits per heavy atom. The Balaban J connectivity index is 2.32. The van der Waals surface area contributed by atoms with E-state index in [1.807, 2.05) is 67.7 Å². The van der Waals surface area contributed by atoms with Crippen LogP contribution in [0.25, 0.3) is 0 Å². The number of rotatable bonds is 6. The van der Waals surface area contributed by atoms with Crippen molar-refractivity contribution in [3.63, 3.8) is 0 Å². The van der Waals surface area contributed by atoms with Gasteiger partial charge in [0.25, 0.3) is 15.7 Å². The summed E-state index contributed by atoms with van der Waals surface area (Å²) in [5, 5.41) is 0.291. The molecule has 14 heteroatoms. The number of nitrogens with one attached hydrogen (secondary N) is 1. The zero-order valence-corrected chi connectivity index (χ0v) is 27.1. The fourth-order valence-corrected chi connectivity index (χ4v) is 7.52. The molecule has 0 aliphatic carbocycles. The Morgan fingerprint density at radius 2 is 1.58 bits per heavy atom. The summed E-state index contributed by atoms with van der Waals surface area (Å²) in [5.74, 6) is 0. The lowest BCUT2D eigenvalue weighted by atomic mass is 9.94. The van der Waals surface area contributed by atoms with Crippen LogP contribution >= 0.6 is 0 Å². The molecule has 1 aromatic rings. The van der Waals surface area contributed by atoms with Crippen molar-refractivity contribution in [2.75, 3.05) is 0 Å². The molecule has 2 aliphatic rings. The van der Waals surface area contributed by atoms with Gasteiger partial charge in [-0.25, -0.2) is 8.98 Å². The van der Waals surface area contributed by atoms with Gasteiger partial charge in [0, 0.05) is 11.8 Å². The average Bonchev–Trinajstić information content (AvgIpc) is 3.13. The van der Waals surface area contributed by atoms with Crippen LogP contribution in [-0.2, 0) is 34.3 Å². The van der Waals surface area contributed by atoms with Crippen LogP contribution in [0.5, 0.6) is 0 Å². The van der Waals surface area contributed by atoms with E-state index in [-0.39, 0.29) is 15.8 Å². The molecule has 0 radical (unpaired) electrons. The molecule has 0 aromatic carbocycles.